The van der Waals surface area contributed by atoms with E-state index >= 15 is 0 Å². The molecule has 0 spiro atoms. The van der Waals surface area contributed by atoms with E-state index in [-0.39, 0.29) is 11.7 Å². The smallest absolute Gasteiger partial charge is 0.127 e. The summed E-state index contributed by atoms with van der Waals surface area (Å²) in [7, 11) is 3.88. The van der Waals surface area contributed by atoms with Crippen LogP contribution in [0, 0.1) is 11.7 Å². The van der Waals surface area contributed by atoms with Crippen LogP contribution >= 0.6 is 0 Å². The molecule has 3 unspecified atom stereocenters. The predicted molar refractivity (Wildman–Crippen MR) is 89.3 cm³/mol. The maximum Gasteiger partial charge on any atom is 0.127 e. The van der Waals surface area contributed by atoms with Crippen LogP contribution in [0.1, 0.15) is 41.5 Å². The molecule has 2 aliphatic rings. The summed E-state index contributed by atoms with van der Waals surface area (Å²) in [5.41, 5.74) is 3.40. The summed E-state index contributed by atoms with van der Waals surface area (Å²) in [6, 6.07) is 13.9. The average molecular weight is 311 g/mol. The number of benzene rings is 2. The molecule has 0 saturated carbocycles. The number of halogens is 1. The van der Waals surface area contributed by atoms with Crippen LogP contribution in [0.4, 0.5) is 4.39 Å². The summed E-state index contributed by atoms with van der Waals surface area (Å²) in [5.74, 6) is 1.31. The fraction of sp³-hybridized carbons (Fsp3) is 0.400. The van der Waals surface area contributed by atoms with Gasteiger partial charge in [0.05, 0.1) is 7.11 Å². The molecule has 2 aromatic rings. The van der Waals surface area contributed by atoms with E-state index in [0.29, 0.717) is 12.0 Å². The highest BCUT2D eigenvalue weighted by Crippen LogP contribution is 2.55. The molecule has 3 atom stereocenters. The van der Waals surface area contributed by atoms with Crippen LogP contribution in [0.15, 0.2) is 42.5 Å². The molecule has 23 heavy (non-hydrogen) atoms. The molecule has 0 bridgehead atoms. The van der Waals surface area contributed by atoms with E-state index in [9.17, 15) is 4.39 Å². The third-order valence-electron chi connectivity index (χ3n) is 5.54. The largest absolute Gasteiger partial charge is 0.497 e. The molecule has 0 amide bonds. The van der Waals surface area contributed by atoms with Gasteiger partial charge in [-0.1, -0.05) is 24.3 Å². The Bertz CT molecular complexity index is 729. The first-order valence-electron chi connectivity index (χ1n) is 8.33. The van der Waals surface area contributed by atoms with Crippen molar-refractivity contribution in [1.82, 2.24) is 4.90 Å². The maximum atomic E-state index is 14.5. The van der Waals surface area contributed by atoms with Gasteiger partial charge in [0.15, 0.2) is 0 Å². The SMILES string of the molecule is COc1ccc2c(c1)C(c1ccccc1F)C1CCCN(C)C21. The molecular weight excluding hydrogens is 289 g/mol. The summed E-state index contributed by atoms with van der Waals surface area (Å²) >= 11 is 0. The van der Waals surface area contributed by atoms with E-state index in [1.165, 1.54) is 17.5 Å². The lowest BCUT2D eigenvalue weighted by atomic mass is 9.80. The van der Waals surface area contributed by atoms with Gasteiger partial charge in [-0.15, -0.1) is 0 Å². The Morgan fingerprint density at radius 3 is 2.70 bits per heavy atom. The zero-order valence-electron chi connectivity index (χ0n) is 13.6. The van der Waals surface area contributed by atoms with Crippen LogP contribution in [0.2, 0.25) is 0 Å². The first-order valence-corrected chi connectivity index (χ1v) is 8.33. The Labute approximate surface area is 136 Å². The molecular formula is C20H22FNO. The van der Waals surface area contributed by atoms with Gasteiger partial charge in [-0.3, -0.25) is 4.90 Å². The lowest BCUT2D eigenvalue weighted by Crippen LogP contribution is -2.35. The number of hydrogen-bond acceptors (Lipinski definition) is 2. The van der Waals surface area contributed by atoms with Crippen molar-refractivity contribution in [2.45, 2.75) is 24.8 Å². The van der Waals surface area contributed by atoms with Crippen LogP contribution in [-0.2, 0) is 0 Å². The number of ether oxygens (including phenoxy) is 1. The number of rotatable bonds is 2. The van der Waals surface area contributed by atoms with E-state index in [1.54, 1.807) is 19.2 Å². The molecule has 3 heteroatoms. The number of nitrogens with zero attached hydrogens (tertiary/aromatic N) is 1. The van der Waals surface area contributed by atoms with Gasteiger partial charge in [0.2, 0.25) is 0 Å². The van der Waals surface area contributed by atoms with Crippen molar-refractivity contribution in [2.75, 3.05) is 20.7 Å². The minimum Gasteiger partial charge on any atom is -0.497 e. The van der Waals surface area contributed by atoms with Crippen LogP contribution in [0.25, 0.3) is 0 Å². The number of piperidine rings is 1. The summed E-state index contributed by atoms with van der Waals surface area (Å²) in [6.07, 6.45) is 2.32. The second kappa shape index (κ2) is 5.64. The molecule has 2 nitrogen and oxygen atoms in total. The lowest BCUT2D eigenvalue weighted by molar-refractivity contribution is 0.126. The topological polar surface area (TPSA) is 12.5 Å². The van der Waals surface area contributed by atoms with Crippen molar-refractivity contribution >= 4 is 0 Å². The van der Waals surface area contributed by atoms with E-state index in [0.717, 1.165) is 24.3 Å². The summed E-state index contributed by atoms with van der Waals surface area (Å²) in [5, 5.41) is 0. The van der Waals surface area contributed by atoms with Gasteiger partial charge >= 0.3 is 0 Å². The van der Waals surface area contributed by atoms with Gasteiger partial charge in [-0.25, -0.2) is 4.39 Å². The van der Waals surface area contributed by atoms with Gasteiger partial charge in [-0.05, 0) is 67.2 Å². The standard InChI is InChI=1S/C20H22FNO/c1-22-11-5-7-16-19(15-6-3-4-8-18(15)21)17-12-13(23-2)9-10-14(17)20(16)22/h3-4,6,8-10,12,16,19-20H,5,7,11H2,1-2H3. The number of methoxy groups -OCH3 is 1. The summed E-state index contributed by atoms with van der Waals surface area (Å²) in [6.45, 7) is 1.11. The van der Waals surface area contributed by atoms with Crippen molar-refractivity contribution < 1.29 is 9.13 Å². The monoisotopic (exact) mass is 311 g/mol. The van der Waals surface area contributed by atoms with Gasteiger partial charge in [0.1, 0.15) is 11.6 Å². The second-order valence-electron chi connectivity index (χ2n) is 6.73. The molecule has 1 saturated heterocycles. The minimum absolute atomic E-state index is 0.0971. The highest BCUT2D eigenvalue weighted by molar-refractivity contribution is 5.50. The quantitative estimate of drug-likeness (QED) is 0.817. The van der Waals surface area contributed by atoms with Gasteiger partial charge < -0.3 is 4.74 Å². The van der Waals surface area contributed by atoms with E-state index in [1.807, 2.05) is 18.2 Å². The third kappa shape index (κ3) is 2.26. The average Bonchev–Trinajstić information content (AvgIpc) is 2.90. The first kappa shape index (κ1) is 14.7. The zero-order chi connectivity index (χ0) is 16.0. The number of hydrogen-bond donors (Lipinski definition) is 0. The van der Waals surface area contributed by atoms with Crippen LogP contribution in [-0.4, -0.2) is 25.6 Å². The van der Waals surface area contributed by atoms with Crippen LogP contribution < -0.4 is 4.74 Å². The van der Waals surface area contributed by atoms with Crippen molar-refractivity contribution in [3.05, 3.63) is 65.0 Å². The molecule has 1 aliphatic heterocycles. The number of likely N-dealkylation sites (tertiary alicyclic amines) is 1. The number of fused-ring (bicyclic) bond motifs is 3. The van der Waals surface area contributed by atoms with Crippen molar-refractivity contribution in [3.63, 3.8) is 0 Å². The minimum atomic E-state index is -0.0971. The van der Waals surface area contributed by atoms with Crippen molar-refractivity contribution in [3.8, 4) is 5.75 Å². The fourth-order valence-electron chi connectivity index (χ4n) is 4.59. The predicted octanol–water partition coefficient (Wildman–Crippen LogP) is 4.36. The molecule has 4 rings (SSSR count). The Hall–Kier alpha value is -1.87. The summed E-state index contributed by atoms with van der Waals surface area (Å²) in [4.78, 5) is 2.43. The van der Waals surface area contributed by atoms with Crippen LogP contribution in [0.5, 0.6) is 5.75 Å². The molecule has 2 aromatic carbocycles. The zero-order valence-corrected chi connectivity index (χ0v) is 13.6. The maximum absolute atomic E-state index is 14.5. The normalized spacial score (nSPS) is 26.7. The molecule has 1 aliphatic carbocycles. The van der Waals surface area contributed by atoms with Gasteiger partial charge in [0, 0.05) is 12.0 Å². The van der Waals surface area contributed by atoms with E-state index < -0.39 is 0 Å². The van der Waals surface area contributed by atoms with E-state index in [2.05, 4.69) is 24.1 Å². The van der Waals surface area contributed by atoms with Gasteiger partial charge in [0.25, 0.3) is 0 Å². The Morgan fingerprint density at radius 1 is 1.09 bits per heavy atom. The Kier molecular flexibility index (Phi) is 3.61. The third-order valence-corrected chi connectivity index (χ3v) is 5.54. The molecule has 0 N–H and O–H groups in total. The molecule has 1 heterocycles. The fourth-order valence-corrected chi connectivity index (χ4v) is 4.59. The summed E-state index contributed by atoms with van der Waals surface area (Å²) < 4.78 is 20.0. The van der Waals surface area contributed by atoms with Gasteiger partial charge in [-0.2, -0.15) is 0 Å². The highest BCUT2D eigenvalue weighted by Gasteiger charge is 2.45. The highest BCUT2D eigenvalue weighted by atomic mass is 19.1. The van der Waals surface area contributed by atoms with Crippen LogP contribution in [0.3, 0.4) is 0 Å². The van der Waals surface area contributed by atoms with Crippen molar-refractivity contribution in [1.29, 1.82) is 0 Å². The Morgan fingerprint density at radius 2 is 1.91 bits per heavy atom. The second-order valence-corrected chi connectivity index (χ2v) is 6.73. The van der Waals surface area contributed by atoms with E-state index in [4.69, 9.17) is 4.74 Å². The molecule has 120 valence electrons. The van der Waals surface area contributed by atoms with Crippen molar-refractivity contribution in [2.24, 2.45) is 5.92 Å². The first-order chi connectivity index (χ1) is 11.2. The molecule has 0 radical (unpaired) electrons. The Balaban J connectivity index is 1.90. The lowest BCUT2D eigenvalue weighted by Gasteiger charge is -2.37. The molecule has 1 fully saturated rings. The molecule has 0 aromatic heterocycles.